The van der Waals surface area contributed by atoms with Crippen molar-refractivity contribution < 1.29 is 9.53 Å². The fourth-order valence-electron chi connectivity index (χ4n) is 1.79. The molecule has 1 heterocycles. The molecule has 0 aliphatic carbocycles. The quantitative estimate of drug-likeness (QED) is 0.635. The lowest BCUT2D eigenvalue weighted by molar-refractivity contribution is 0.00853. The normalized spacial score (nSPS) is 26.1. The number of nitriles is 1. The van der Waals surface area contributed by atoms with Gasteiger partial charge in [-0.3, -0.25) is 0 Å². The Labute approximate surface area is 97.2 Å². The van der Waals surface area contributed by atoms with Crippen LogP contribution in [0.25, 0.3) is 0 Å². The van der Waals surface area contributed by atoms with Gasteiger partial charge in [0.25, 0.3) is 0 Å². The Kier molecular flexibility index (Phi) is 3.79. The van der Waals surface area contributed by atoms with E-state index in [0.29, 0.717) is 6.54 Å². The zero-order valence-corrected chi connectivity index (χ0v) is 10.5. The van der Waals surface area contributed by atoms with E-state index in [2.05, 4.69) is 6.07 Å². The highest BCUT2D eigenvalue weighted by Gasteiger charge is 2.31. The maximum Gasteiger partial charge on any atom is 0.410 e. The Morgan fingerprint density at radius 1 is 1.44 bits per heavy atom. The van der Waals surface area contributed by atoms with Crippen LogP contribution in [-0.4, -0.2) is 29.2 Å². The Morgan fingerprint density at radius 2 is 2.06 bits per heavy atom. The summed E-state index contributed by atoms with van der Waals surface area (Å²) in [7, 11) is 0. The van der Waals surface area contributed by atoms with Gasteiger partial charge in [0.2, 0.25) is 0 Å². The summed E-state index contributed by atoms with van der Waals surface area (Å²) >= 11 is 0. The molecule has 0 bridgehead atoms. The summed E-state index contributed by atoms with van der Waals surface area (Å²) in [6.45, 7) is 8.04. The first-order valence-electron chi connectivity index (χ1n) is 5.72. The Hall–Kier alpha value is -1.24. The zero-order valence-electron chi connectivity index (χ0n) is 10.5. The lowest BCUT2D eigenvalue weighted by Crippen LogP contribution is -2.47. The van der Waals surface area contributed by atoms with E-state index in [4.69, 9.17) is 10.00 Å². The molecule has 0 N–H and O–H groups in total. The van der Waals surface area contributed by atoms with E-state index in [1.165, 1.54) is 0 Å². The molecule has 16 heavy (non-hydrogen) atoms. The van der Waals surface area contributed by atoms with Crippen molar-refractivity contribution in [1.29, 1.82) is 5.26 Å². The summed E-state index contributed by atoms with van der Waals surface area (Å²) in [6.07, 6.45) is 1.44. The van der Waals surface area contributed by atoms with Gasteiger partial charge in [-0.05, 0) is 40.5 Å². The van der Waals surface area contributed by atoms with Crippen LogP contribution in [0.3, 0.4) is 0 Å². The van der Waals surface area contributed by atoms with Gasteiger partial charge in [-0.25, -0.2) is 4.79 Å². The van der Waals surface area contributed by atoms with Gasteiger partial charge in [0.15, 0.2) is 0 Å². The highest BCUT2D eigenvalue weighted by molar-refractivity contribution is 5.68. The zero-order chi connectivity index (χ0) is 12.3. The molecule has 1 aliphatic rings. The molecule has 0 spiro atoms. The van der Waals surface area contributed by atoms with Crippen LogP contribution in [0.5, 0.6) is 0 Å². The minimum atomic E-state index is -0.476. The predicted octanol–water partition coefficient (Wildman–Crippen LogP) is 2.55. The van der Waals surface area contributed by atoms with Gasteiger partial charge in [0.05, 0.1) is 12.0 Å². The van der Waals surface area contributed by atoms with Crippen molar-refractivity contribution in [2.24, 2.45) is 5.92 Å². The summed E-state index contributed by atoms with van der Waals surface area (Å²) < 4.78 is 5.32. The molecule has 2 atom stereocenters. The van der Waals surface area contributed by atoms with Crippen LogP contribution in [0.15, 0.2) is 0 Å². The third-order valence-corrected chi connectivity index (χ3v) is 2.69. The van der Waals surface area contributed by atoms with Crippen molar-refractivity contribution in [3.63, 3.8) is 0 Å². The summed E-state index contributed by atoms with van der Waals surface area (Å²) in [6, 6.07) is 2.39. The molecule has 0 aromatic heterocycles. The fourth-order valence-corrected chi connectivity index (χ4v) is 1.79. The van der Waals surface area contributed by atoms with Crippen molar-refractivity contribution in [3.8, 4) is 6.07 Å². The van der Waals surface area contributed by atoms with Gasteiger partial charge in [0.1, 0.15) is 5.60 Å². The van der Waals surface area contributed by atoms with E-state index in [0.717, 1.165) is 12.8 Å². The maximum atomic E-state index is 11.9. The number of carbonyl (C=O) groups excluding carboxylic acids is 1. The summed E-state index contributed by atoms with van der Waals surface area (Å²) in [5.74, 6) is -0.0521. The molecule has 90 valence electrons. The highest BCUT2D eigenvalue weighted by atomic mass is 16.6. The molecule has 0 aromatic rings. The molecule has 2 unspecified atom stereocenters. The number of nitrogens with zero attached hydrogens (tertiary/aromatic N) is 2. The van der Waals surface area contributed by atoms with E-state index in [-0.39, 0.29) is 18.1 Å². The number of likely N-dealkylation sites (tertiary alicyclic amines) is 1. The van der Waals surface area contributed by atoms with Gasteiger partial charge in [0, 0.05) is 12.6 Å². The van der Waals surface area contributed by atoms with Crippen molar-refractivity contribution in [2.45, 2.75) is 52.2 Å². The average molecular weight is 224 g/mol. The molecule has 4 heteroatoms. The molecule has 1 fully saturated rings. The molecule has 1 saturated heterocycles. The third-order valence-electron chi connectivity index (χ3n) is 2.69. The topological polar surface area (TPSA) is 53.3 Å². The van der Waals surface area contributed by atoms with Crippen LogP contribution in [0.4, 0.5) is 4.79 Å². The first-order valence-corrected chi connectivity index (χ1v) is 5.72. The van der Waals surface area contributed by atoms with E-state index in [1.54, 1.807) is 4.90 Å². The van der Waals surface area contributed by atoms with Crippen LogP contribution in [-0.2, 0) is 4.74 Å². The minimum Gasteiger partial charge on any atom is -0.444 e. The van der Waals surface area contributed by atoms with Crippen LogP contribution < -0.4 is 0 Å². The number of amides is 1. The Balaban J connectivity index is 2.63. The molecular formula is C12H20N2O2. The maximum absolute atomic E-state index is 11.9. The molecule has 1 amide bonds. The van der Waals surface area contributed by atoms with Crippen molar-refractivity contribution in [2.75, 3.05) is 6.54 Å². The number of hydrogen-bond donors (Lipinski definition) is 0. The molecular weight excluding hydrogens is 204 g/mol. The van der Waals surface area contributed by atoms with E-state index < -0.39 is 5.60 Å². The smallest absolute Gasteiger partial charge is 0.410 e. The van der Waals surface area contributed by atoms with Gasteiger partial charge >= 0.3 is 6.09 Å². The molecule has 0 aromatic carbocycles. The van der Waals surface area contributed by atoms with Gasteiger partial charge in [-0.2, -0.15) is 5.26 Å². The van der Waals surface area contributed by atoms with Crippen LogP contribution in [0, 0.1) is 17.2 Å². The molecule has 0 saturated carbocycles. The van der Waals surface area contributed by atoms with Crippen molar-refractivity contribution in [3.05, 3.63) is 0 Å². The van der Waals surface area contributed by atoms with Crippen LogP contribution in [0.1, 0.15) is 40.5 Å². The number of rotatable bonds is 0. The van der Waals surface area contributed by atoms with E-state index in [1.807, 2.05) is 27.7 Å². The Morgan fingerprint density at radius 3 is 2.56 bits per heavy atom. The highest BCUT2D eigenvalue weighted by Crippen LogP contribution is 2.23. The second-order valence-electron chi connectivity index (χ2n) is 5.39. The molecule has 0 radical (unpaired) electrons. The molecule has 4 nitrogen and oxygen atoms in total. The predicted molar refractivity (Wildman–Crippen MR) is 60.7 cm³/mol. The first kappa shape index (κ1) is 12.8. The lowest BCUT2D eigenvalue weighted by atomic mass is 9.95. The average Bonchev–Trinajstić information content (AvgIpc) is 2.15. The van der Waals surface area contributed by atoms with Gasteiger partial charge in [-0.15, -0.1) is 0 Å². The number of piperidine rings is 1. The fraction of sp³-hybridized carbons (Fsp3) is 0.833. The number of hydrogen-bond acceptors (Lipinski definition) is 3. The van der Waals surface area contributed by atoms with Gasteiger partial charge < -0.3 is 9.64 Å². The number of carbonyl (C=O) groups is 1. The summed E-state index contributed by atoms with van der Waals surface area (Å²) in [5.41, 5.74) is -0.476. The van der Waals surface area contributed by atoms with E-state index in [9.17, 15) is 4.79 Å². The van der Waals surface area contributed by atoms with Gasteiger partial charge in [-0.1, -0.05) is 0 Å². The van der Waals surface area contributed by atoms with Crippen molar-refractivity contribution >= 4 is 6.09 Å². The molecule has 1 aliphatic heterocycles. The van der Waals surface area contributed by atoms with Crippen LogP contribution >= 0.6 is 0 Å². The summed E-state index contributed by atoms with van der Waals surface area (Å²) in [5, 5.41) is 8.88. The van der Waals surface area contributed by atoms with Crippen molar-refractivity contribution in [1.82, 2.24) is 4.90 Å². The minimum absolute atomic E-state index is 0.0521. The molecule has 1 rings (SSSR count). The SMILES string of the molecule is CC1CCC(C#N)CN1C(=O)OC(C)(C)C. The standard InChI is InChI=1S/C12H20N2O2/c1-9-5-6-10(7-13)8-14(9)11(15)16-12(2,3)4/h9-10H,5-6,8H2,1-4H3. The second-order valence-corrected chi connectivity index (χ2v) is 5.39. The lowest BCUT2D eigenvalue weighted by Gasteiger charge is -2.36. The second kappa shape index (κ2) is 4.73. The van der Waals surface area contributed by atoms with E-state index >= 15 is 0 Å². The van der Waals surface area contributed by atoms with Crippen LogP contribution in [0.2, 0.25) is 0 Å². The largest absolute Gasteiger partial charge is 0.444 e. The summed E-state index contributed by atoms with van der Waals surface area (Å²) in [4.78, 5) is 13.5. The Bertz CT molecular complexity index is 301. The first-order chi connectivity index (χ1) is 7.33. The monoisotopic (exact) mass is 224 g/mol. The number of ether oxygens (including phenoxy) is 1. The third kappa shape index (κ3) is 3.41.